The van der Waals surface area contributed by atoms with Crippen LogP contribution in [0.2, 0.25) is 5.02 Å². The lowest BCUT2D eigenvalue weighted by molar-refractivity contribution is 0.162. The van der Waals surface area contributed by atoms with Gasteiger partial charge >= 0.3 is 0 Å². The Morgan fingerprint density at radius 1 is 1.40 bits per heavy atom. The van der Waals surface area contributed by atoms with E-state index in [4.69, 9.17) is 22.1 Å². The number of nitrogens with one attached hydrogen (secondary N) is 1. The maximum atomic E-state index is 12.0. The standard InChI is InChI=1S/C12H20ClN3O3S/c1-16(7-8-19-2)6-5-15-20(17,18)10-3-4-12(14)11(13)9-10/h3-4,9,15H,5-8,14H2,1-2H3. The van der Waals surface area contributed by atoms with Crippen molar-refractivity contribution in [3.63, 3.8) is 0 Å². The highest BCUT2D eigenvalue weighted by Gasteiger charge is 2.14. The van der Waals surface area contributed by atoms with Gasteiger partial charge in [-0.05, 0) is 25.2 Å². The van der Waals surface area contributed by atoms with Crippen LogP contribution in [0.5, 0.6) is 0 Å². The van der Waals surface area contributed by atoms with E-state index < -0.39 is 10.0 Å². The Labute approximate surface area is 124 Å². The number of methoxy groups -OCH3 is 1. The number of nitrogens with zero attached hydrogens (tertiary/aromatic N) is 1. The van der Waals surface area contributed by atoms with Crippen molar-refractivity contribution in [2.24, 2.45) is 0 Å². The van der Waals surface area contributed by atoms with Crippen molar-refractivity contribution in [2.75, 3.05) is 46.1 Å². The number of sulfonamides is 1. The first-order valence-electron chi connectivity index (χ1n) is 6.09. The second-order valence-electron chi connectivity index (χ2n) is 4.38. The molecular formula is C12H20ClN3O3S. The Hall–Kier alpha value is -0.860. The van der Waals surface area contributed by atoms with Crippen LogP contribution in [0.3, 0.4) is 0 Å². The number of nitrogen functional groups attached to an aromatic ring is 1. The van der Waals surface area contributed by atoms with Gasteiger partial charge in [0, 0.05) is 26.7 Å². The van der Waals surface area contributed by atoms with Crippen LogP contribution in [0.1, 0.15) is 0 Å². The van der Waals surface area contributed by atoms with Crippen LogP contribution < -0.4 is 10.5 Å². The van der Waals surface area contributed by atoms with Crippen LogP contribution in [-0.4, -0.2) is 53.7 Å². The first-order valence-corrected chi connectivity index (χ1v) is 7.95. The molecule has 0 spiro atoms. The Balaban J connectivity index is 2.55. The second kappa shape index (κ2) is 7.80. The van der Waals surface area contributed by atoms with E-state index in [1.165, 1.54) is 18.2 Å². The third kappa shape index (κ3) is 5.26. The summed E-state index contributed by atoms with van der Waals surface area (Å²) in [4.78, 5) is 2.08. The second-order valence-corrected chi connectivity index (χ2v) is 6.55. The lowest BCUT2D eigenvalue weighted by Gasteiger charge is -2.16. The van der Waals surface area contributed by atoms with Gasteiger partial charge < -0.3 is 15.4 Å². The van der Waals surface area contributed by atoms with Crippen LogP contribution in [0.4, 0.5) is 5.69 Å². The molecule has 0 aliphatic carbocycles. The topological polar surface area (TPSA) is 84.7 Å². The van der Waals surface area contributed by atoms with Crippen LogP contribution in [0.25, 0.3) is 0 Å². The lowest BCUT2D eigenvalue weighted by atomic mass is 10.3. The summed E-state index contributed by atoms with van der Waals surface area (Å²) in [5.41, 5.74) is 5.90. The molecule has 0 heterocycles. The molecule has 1 rings (SSSR count). The van der Waals surface area contributed by atoms with Gasteiger partial charge in [0.15, 0.2) is 0 Å². The number of likely N-dealkylation sites (N-methyl/N-ethyl adjacent to an activating group) is 1. The minimum atomic E-state index is -3.56. The number of rotatable bonds is 8. The fourth-order valence-corrected chi connectivity index (χ4v) is 2.78. The third-order valence-electron chi connectivity index (χ3n) is 2.74. The fraction of sp³-hybridized carbons (Fsp3) is 0.500. The average Bonchev–Trinajstić information content (AvgIpc) is 2.39. The van der Waals surface area contributed by atoms with Gasteiger partial charge in [0.1, 0.15) is 0 Å². The summed E-state index contributed by atoms with van der Waals surface area (Å²) in [6.45, 7) is 2.25. The Kier molecular flexibility index (Phi) is 6.70. The summed E-state index contributed by atoms with van der Waals surface area (Å²) in [5.74, 6) is 0. The van der Waals surface area contributed by atoms with Gasteiger partial charge in [0.2, 0.25) is 10.0 Å². The predicted molar refractivity (Wildman–Crippen MR) is 80.4 cm³/mol. The van der Waals surface area contributed by atoms with Crippen LogP contribution >= 0.6 is 11.6 Å². The van der Waals surface area contributed by atoms with E-state index in [0.29, 0.717) is 25.4 Å². The van der Waals surface area contributed by atoms with Gasteiger partial charge in [-0.1, -0.05) is 11.6 Å². The summed E-state index contributed by atoms with van der Waals surface area (Å²) in [6.07, 6.45) is 0. The first kappa shape index (κ1) is 17.2. The molecule has 0 unspecified atom stereocenters. The summed E-state index contributed by atoms with van der Waals surface area (Å²) < 4.78 is 31.5. The molecule has 3 N–H and O–H groups in total. The lowest BCUT2D eigenvalue weighted by Crippen LogP contribution is -2.34. The maximum Gasteiger partial charge on any atom is 0.240 e. The van der Waals surface area contributed by atoms with Crippen LogP contribution in [0, 0.1) is 0 Å². The molecule has 20 heavy (non-hydrogen) atoms. The van der Waals surface area contributed by atoms with Crippen molar-refractivity contribution in [1.82, 2.24) is 9.62 Å². The molecule has 1 aromatic rings. The maximum absolute atomic E-state index is 12.0. The van der Waals surface area contributed by atoms with Crippen molar-refractivity contribution in [3.05, 3.63) is 23.2 Å². The molecular weight excluding hydrogens is 302 g/mol. The summed E-state index contributed by atoms with van der Waals surface area (Å²) in [7, 11) is -0.0410. The molecule has 0 aromatic heterocycles. The number of ether oxygens (including phenoxy) is 1. The van der Waals surface area contributed by atoms with Gasteiger partial charge in [-0.15, -0.1) is 0 Å². The van der Waals surface area contributed by atoms with Gasteiger partial charge in [-0.2, -0.15) is 0 Å². The van der Waals surface area contributed by atoms with Crippen molar-refractivity contribution in [3.8, 4) is 0 Å². The highest BCUT2D eigenvalue weighted by Crippen LogP contribution is 2.22. The van der Waals surface area contributed by atoms with E-state index in [0.717, 1.165) is 6.54 Å². The minimum absolute atomic E-state index is 0.108. The zero-order valence-electron chi connectivity index (χ0n) is 11.6. The molecule has 0 radical (unpaired) electrons. The minimum Gasteiger partial charge on any atom is -0.398 e. The average molecular weight is 322 g/mol. The highest BCUT2D eigenvalue weighted by molar-refractivity contribution is 7.89. The first-order chi connectivity index (χ1) is 9.36. The zero-order chi connectivity index (χ0) is 15.2. The molecule has 1 aromatic carbocycles. The van der Waals surface area contributed by atoms with E-state index in [2.05, 4.69) is 4.72 Å². The molecule has 0 fully saturated rings. The van der Waals surface area contributed by atoms with Crippen LogP contribution in [-0.2, 0) is 14.8 Å². The Morgan fingerprint density at radius 2 is 2.10 bits per heavy atom. The Morgan fingerprint density at radius 3 is 2.70 bits per heavy atom. The van der Waals surface area contributed by atoms with Gasteiger partial charge in [-0.3, -0.25) is 0 Å². The quantitative estimate of drug-likeness (QED) is 0.691. The normalized spacial score (nSPS) is 12.0. The number of halogens is 1. The van der Waals surface area contributed by atoms with Gasteiger partial charge in [0.25, 0.3) is 0 Å². The SMILES string of the molecule is COCCN(C)CCNS(=O)(=O)c1ccc(N)c(Cl)c1. The van der Waals surface area contributed by atoms with E-state index in [1.54, 1.807) is 7.11 Å². The number of nitrogens with two attached hydrogens (primary N) is 1. The van der Waals surface area contributed by atoms with Gasteiger partial charge in [-0.25, -0.2) is 13.1 Å². The zero-order valence-corrected chi connectivity index (χ0v) is 13.2. The Bertz CT molecular complexity index is 537. The molecule has 0 atom stereocenters. The van der Waals surface area contributed by atoms with Crippen molar-refractivity contribution < 1.29 is 13.2 Å². The molecule has 0 bridgehead atoms. The summed E-state index contributed by atoms with van der Waals surface area (Å²) in [6, 6.07) is 4.24. The van der Waals surface area contributed by atoms with Crippen molar-refractivity contribution in [2.45, 2.75) is 4.90 Å². The molecule has 0 saturated heterocycles. The molecule has 0 aliphatic heterocycles. The highest BCUT2D eigenvalue weighted by atomic mass is 35.5. The predicted octanol–water partition coefficient (Wildman–Crippen LogP) is 0.779. The van der Waals surface area contributed by atoms with E-state index in [-0.39, 0.29) is 9.92 Å². The van der Waals surface area contributed by atoms with E-state index in [1.807, 2.05) is 11.9 Å². The molecule has 8 heteroatoms. The molecule has 6 nitrogen and oxygen atoms in total. The fourth-order valence-electron chi connectivity index (χ4n) is 1.49. The molecule has 0 amide bonds. The van der Waals surface area contributed by atoms with Crippen LogP contribution in [0.15, 0.2) is 23.1 Å². The molecule has 0 aliphatic rings. The van der Waals surface area contributed by atoms with E-state index in [9.17, 15) is 8.42 Å². The van der Waals surface area contributed by atoms with E-state index >= 15 is 0 Å². The number of hydrogen-bond donors (Lipinski definition) is 2. The largest absolute Gasteiger partial charge is 0.398 e. The van der Waals surface area contributed by atoms with Gasteiger partial charge in [0.05, 0.1) is 22.2 Å². The van der Waals surface area contributed by atoms with Crippen molar-refractivity contribution in [1.29, 1.82) is 0 Å². The number of hydrogen-bond acceptors (Lipinski definition) is 5. The van der Waals surface area contributed by atoms with Crippen molar-refractivity contribution >= 4 is 27.3 Å². The third-order valence-corrected chi connectivity index (χ3v) is 4.53. The number of anilines is 1. The molecule has 114 valence electrons. The number of benzene rings is 1. The molecule has 0 saturated carbocycles. The smallest absolute Gasteiger partial charge is 0.240 e. The summed E-state index contributed by atoms with van der Waals surface area (Å²) >= 11 is 5.82. The summed E-state index contributed by atoms with van der Waals surface area (Å²) in [5, 5.41) is 0.227. The monoisotopic (exact) mass is 321 g/mol.